The lowest BCUT2D eigenvalue weighted by Gasteiger charge is -2.19. The predicted molar refractivity (Wildman–Crippen MR) is 81.1 cm³/mol. The second-order valence-corrected chi connectivity index (χ2v) is 4.96. The van der Waals surface area contributed by atoms with Gasteiger partial charge in [0.05, 0.1) is 24.5 Å². The molecule has 108 valence electrons. The van der Waals surface area contributed by atoms with Crippen molar-refractivity contribution in [3.05, 3.63) is 47.3 Å². The Bertz CT molecular complexity index is 563. The molecule has 0 aliphatic carbocycles. The van der Waals surface area contributed by atoms with Gasteiger partial charge in [-0.2, -0.15) is 5.10 Å². The number of aromatic nitrogens is 2. The van der Waals surface area contributed by atoms with Gasteiger partial charge in [-0.25, -0.2) is 0 Å². The minimum atomic E-state index is 0.238. The molecule has 2 aromatic rings. The van der Waals surface area contributed by atoms with Crippen LogP contribution < -0.4 is 10.1 Å². The molecule has 4 heteroatoms. The quantitative estimate of drug-likeness (QED) is 0.879. The summed E-state index contributed by atoms with van der Waals surface area (Å²) in [6.45, 7) is 5.07. The van der Waals surface area contributed by atoms with E-state index in [9.17, 15) is 0 Å². The fourth-order valence-corrected chi connectivity index (χ4v) is 2.58. The molecule has 0 amide bonds. The molecular formula is C16H23N3O. The van der Waals surface area contributed by atoms with Crippen LogP contribution in [-0.4, -0.2) is 23.4 Å². The molecule has 1 aromatic carbocycles. The smallest absolute Gasteiger partial charge is 0.122 e. The number of benzene rings is 1. The zero-order valence-corrected chi connectivity index (χ0v) is 12.7. The van der Waals surface area contributed by atoms with Gasteiger partial charge in [0.15, 0.2) is 0 Å². The van der Waals surface area contributed by atoms with E-state index in [1.54, 1.807) is 7.11 Å². The predicted octanol–water partition coefficient (Wildman–Crippen LogP) is 2.63. The van der Waals surface area contributed by atoms with Gasteiger partial charge in [-0.05, 0) is 37.6 Å². The Morgan fingerprint density at radius 2 is 2.10 bits per heavy atom. The van der Waals surface area contributed by atoms with Crippen molar-refractivity contribution < 1.29 is 4.74 Å². The lowest BCUT2D eigenvalue weighted by Crippen LogP contribution is -2.25. The minimum absolute atomic E-state index is 0.238. The first kappa shape index (κ1) is 14.6. The van der Waals surface area contributed by atoms with Crippen LogP contribution in [0.2, 0.25) is 0 Å². The van der Waals surface area contributed by atoms with Crippen molar-refractivity contribution in [3.8, 4) is 5.75 Å². The average molecular weight is 273 g/mol. The van der Waals surface area contributed by atoms with Crippen molar-refractivity contribution in [2.75, 3.05) is 13.7 Å². The molecule has 20 heavy (non-hydrogen) atoms. The first-order valence-corrected chi connectivity index (χ1v) is 7.01. The number of rotatable bonds is 6. The van der Waals surface area contributed by atoms with E-state index in [1.165, 1.54) is 11.3 Å². The van der Waals surface area contributed by atoms with Crippen LogP contribution in [0, 0.1) is 6.92 Å². The van der Waals surface area contributed by atoms with E-state index in [2.05, 4.69) is 35.5 Å². The van der Waals surface area contributed by atoms with Crippen LogP contribution in [0.3, 0.4) is 0 Å². The summed E-state index contributed by atoms with van der Waals surface area (Å²) >= 11 is 0. The maximum Gasteiger partial charge on any atom is 0.122 e. The molecule has 0 bridgehead atoms. The molecule has 1 atom stereocenters. The molecule has 4 nitrogen and oxygen atoms in total. The van der Waals surface area contributed by atoms with Crippen LogP contribution in [0.4, 0.5) is 0 Å². The number of para-hydroxylation sites is 1. The summed E-state index contributed by atoms with van der Waals surface area (Å²) in [4.78, 5) is 0. The van der Waals surface area contributed by atoms with E-state index in [-0.39, 0.29) is 6.04 Å². The van der Waals surface area contributed by atoms with Crippen molar-refractivity contribution in [2.24, 2.45) is 7.05 Å². The summed E-state index contributed by atoms with van der Waals surface area (Å²) in [7, 11) is 3.71. The molecule has 2 rings (SSSR count). The standard InChI is InChI=1S/C16H23N3O/c1-5-17-14(15-10-12(2)18-19(15)3)11-13-8-6-7-9-16(13)20-4/h6-10,14,17H,5,11H2,1-4H3. The Labute approximate surface area is 120 Å². The fraction of sp³-hybridized carbons (Fsp3) is 0.438. The van der Waals surface area contributed by atoms with E-state index < -0.39 is 0 Å². The molecule has 0 aliphatic heterocycles. The Morgan fingerprint density at radius 1 is 1.35 bits per heavy atom. The van der Waals surface area contributed by atoms with Gasteiger partial charge in [0.2, 0.25) is 0 Å². The summed E-state index contributed by atoms with van der Waals surface area (Å²) in [6.07, 6.45) is 0.886. The Balaban J connectivity index is 2.28. The van der Waals surface area contributed by atoms with Crippen molar-refractivity contribution in [1.82, 2.24) is 15.1 Å². The highest BCUT2D eigenvalue weighted by Crippen LogP contribution is 2.25. The molecule has 0 spiro atoms. The SMILES string of the molecule is CCNC(Cc1ccccc1OC)c1cc(C)nn1C. The Hall–Kier alpha value is -1.81. The van der Waals surface area contributed by atoms with Crippen LogP contribution in [0.15, 0.2) is 30.3 Å². The van der Waals surface area contributed by atoms with E-state index in [4.69, 9.17) is 4.74 Å². The van der Waals surface area contributed by atoms with E-state index in [0.29, 0.717) is 0 Å². The Morgan fingerprint density at radius 3 is 2.70 bits per heavy atom. The van der Waals surface area contributed by atoms with Gasteiger partial charge >= 0.3 is 0 Å². The number of aryl methyl sites for hydroxylation is 2. The van der Waals surface area contributed by atoms with E-state index in [0.717, 1.165) is 24.4 Å². The van der Waals surface area contributed by atoms with Gasteiger partial charge in [0, 0.05) is 7.05 Å². The first-order valence-electron chi connectivity index (χ1n) is 7.01. The summed E-state index contributed by atoms with van der Waals surface area (Å²) in [6, 6.07) is 10.6. The molecule has 0 fully saturated rings. The molecule has 0 saturated carbocycles. The van der Waals surface area contributed by atoms with Gasteiger partial charge in [-0.15, -0.1) is 0 Å². The normalized spacial score (nSPS) is 12.4. The van der Waals surface area contributed by atoms with Crippen molar-refractivity contribution in [1.29, 1.82) is 0 Å². The van der Waals surface area contributed by atoms with Gasteiger partial charge < -0.3 is 10.1 Å². The lowest BCUT2D eigenvalue weighted by atomic mass is 10.0. The number of likely N-dealkylation sites (N-methyl/N-ethyl adjacent to an activating group) is 1. The van der Waals surface area contributed by atoms with Crippen molar-refractivity contribution in [2.45, 2.75) is 26.3 Å². The van der Waals surface area contributed by atoms with Crippen LogP contribution in [0.25, 0.3) is 0 Å². The number of ether oxygens (including phenoxy) is 1. The molecule has 1 unspecified atom stereocenters. The zero-order valence-electron chi connectivity index (χ0n) is 12.7. The number of hydrogen-bond acceptors (Lipinski definition) is 3. The second-order valence-electron chi connectivity index (χ2n) is 4.96. The summed E-state index contributed by atoms with van der Waals surface area (Å²) in [5.41, 5.74) is 3.46. The number of hydrogen-bond donors (Lipinski definition) is 1. The average Bonchev–Trinajstić information content (AvgIpc) is 2.78. The Kier molecular flexibility index (Phi) is 4.79. The third kappa shape index (κ3) is 3.20. The summed E-state index contributed by atoms with van der Waals surface area (Å²) in [5.74, 6) is 0.939. The highest BCUT2D eigenvalue weighted by Gasteiger charge is 2.17. The highest BCUT2D eigenvalue weighted by molar-refractivity contribution is 5.34. The molecule has 0 aliphatic rings. The van der Waals surface area contributed by atoms with Crippen molar-refractivity contribution in [3.63, 3.8) is 0 Å². The third-order valence-electron chi connectivity index (χ3n) is 3.46. The van der Waals surface area contributed by atoms with Gasteiger partial charge in [0.25, 0.3) is 0 Å². The lowest BCUT2D eigenvalue weighted by molar-refractivity contribution is 0.404. The monoisotopic (exact) mass is 273 g/mol. The number of nitrogens with one attached hydrogen (secondary N) is 1. The molecule has 0 radical (unpaired) electrons. The van der Waals surface area contributed by atoms with E-state index in [1.807, 2.05) is 30.8 Å². The largest absolute Gasteiger partial charge is 0.496 e. The van der Waals surface area contributed by atoms with Gasteiger partial charge in [0.1, 0.15) is 5.75 Å². The van der Waals surface area contributed by atoms with Crippen LogP contribution in [0.5, 0.6) is 5.75 Å². The van der Waals surface area contributed by atoms with E-state index >= 15 is 0 Å². The fourth-order valence-electron chi connectivity index (χ4n) is 2.58. The number of nitrogens with zero attached hydrogens (tertiary/aromatic N) is 2. The third-order valence-corrected chi connectivity index (χ3v) is 3.46. The maximum atomic E-state index is 5.45. The summed E-state index contributed by atoms with van der Waals surface area (Å²) in [5, 5.41) is 7.98. The van der Waals surface area contributed by atoms with Gasteiger partial charge in [-0.3, -0.25) is 4.68 Å². The minimum Gasteiger partial charge on any atom is -0.496 e. The molecule has 1 N–H and O–H groups in total. The van der Waals surface area contributed by atoms with Crippen LogP contribution in [0.1, 0.15) is 29.9 Å². The first-order chi connectivity index (χ1) is 9.65. The molecular weight excluding hydrogens is 250 g/mol. The molecule has 1 heterocycles. The van der Waals surface area contributed by atoms with Gasteiger partial charge in [-0.1, -0.05) is 25.1 Å². The highest BCUT2D eigenvalue weighted by atomic mass is 16.5. The van der Waals surface area contributed by atoms with Crippen LogP contribution in [-0.2, 0) is 13.5 Å². The zero-order chi connectivity index (χ0) is 14.5. The molecule has 1 aromatic heterocycles. The molecule has 0 saturated heterocycles. The van der Waals surface area contributed by atoms with Crippen LogP contribution >= 0.6 is 0 Å². The second kappa shape index (κ2) is 6.57. The van der Waals surface area contributed by atoms with Crippen molar-refractivity contribution >= 4 is 0 Å². The topological polar surface area (TPSA) is 39.1 Å². The summed E-state index contributed by atoms with van der Waals surface area (Å²) < 4.78 is 7.40. The number of methoxy groups -OCH3 is 1. The maximum absolute atomic E-state index is 5.45.